The van der Waals surface area contributed by atoms with Gasteiger partial charge in [-0.15, -0.1) is 0 Å². The first-order valence-corrected chi connectivity index (χ1v) is 4.65. The molecular weight excluding hydrogens is 171 g/mol. The van der Waals surface area contributed by atoms with Crippen LogP contribution in [0.25, 0.3) is 0 Å². The van der Waals surface area contributed by atoms with Crippen molar-refractivity contribution in [1.82, 2.24) is 4.90 Å². The van der Waals surface area contributed by atoms with Crippen molar-refractivity contribution in [2.75, 3.05) is 19.8 Å². The van der Waals surface area contributed by atoms with E-state index in [0.29, 0.717) is 0 Å². The summed E-state index contributed by atoms with van der Waals surface area (Å²) in [6, 6.07) is 2.05. The molecule has 4 heteroatoms. The summed E-state index contributed by atoms with van der Waals surface area (Å²) in [4.78, 5) is 1.87. The van der Waals surface area contributed by atoms with E-state index in [1.807, 2.05) is 4.90 Å². The van der Waals surface area contributed by atoms with Crippen molar-refractivity contribution in [1.29, 1.82) is 5.26 Å². The Morgan fingerprint density at radius 2 is 2.38 bits per heavy atom. The Morgan fingerprint density at radius 1 is 1.62 bits per heavy atom. The Bertz CT molecular complexity index is 193. The van der Waals surface area contributed by atoms with Gasteiger partial charge in [0.2, 0.25) is 0 Å². The van der Waals surface area contributed by atoms with Gasteiger partial charge in [0.05, 0.1) is 18.2 Å². The van der Waals surface area contributed by atoms with Gasteiger partial charge in [-0.3, -0.25) is 4.90 Å². The molecule has 0 bridgehead atoms. The first-order chi connectivity index (χ1) is 6.27. The lowest BCUT2D eigenvalue weighted by molar-refractivity contribution is 0.0673. The van der Waals surface area contributed by atoms with E-state index >= 15 is 0 Å². The van der Waals surface area contributed by atoms with Gasteiger partial charge >= 0.3 is 0 Å². The Balaban J connectivity index is 2.41. The molecule has 1 aliphatic rings. The second-order valence-electron chi connectivity index (χ2n) is 3.44. The lowest BCUT2D eigenvalue weighted by atomic mass is 10.0. The molecule has 1 heterocycles. The number of nitriles is 1. The zero-order valence-electron chi connectivity index (χ0n) is 7.62. The highest BCUT2D eigenvalue weighted by molar-refractivity contribution is 4.94. The minimum atomic E-state index is -0.936. The number of β-amino-alcohol motifs (C(OH)–C–C–N with tert-alkyl or cyclic N) is 1. The van der Waals surface area contributed by atoms with Gasteiger partial charge in [-0.1, -0.05) is 0 Å². The molecule has 0 saturated carbocycles. The smallest absolute Gasteiger partial charge is 0.117 e. The number of nitrogens with zero attached hydrogens (tertiary/aromatic N) is 2. The second-order valence-corrected chi connectivity index (χ2v) is 3.44. The highest BCUT2D eigenvalue weighted by Crippen LogP contribution is 2.16. The van der Waals surface area contributed by atoms with E-state index in [2.05, 4.69) is 6.07 Å². The number of hydrogen-bond donors (Lipinski definition) is 1. The Hall–Kier alpha value is -0.660. The van der Waals surface area contributed by atoms with Gasteiger partial charge in [-0.2, -0.15) is 5.26 Å². The van der Waals surface area contributed by atoms with E-state index < -0.39 is 12.8 Å². The molecule has 0 aliphatic carbocycles. The molecule has 1 N–H and O–H groups in total. The summed E-state index contributed by atoms with van der Waals surface area (Å²) in [5.41, 5.74) is 0. The third kappa shape index (κ3) is 2.94. The minimum Gasteiger partial charge on any atom is -0.389 e. The van der Waals surface area contributed by atoms with Crippen LogP contribution in [0.5, 0.6) is 0 Å². The van der Waals surface area contributed by atoms with Crippen LogP contribution in [0, 0.1) is 11.3 Å². The number of piperidine rings is 1. The summed E-state index contributed by atoms with van der Waals surface area (Å²) in [5.74, 6) is 0. The fourth-order valence-corrected chi connectivity index (χ4v) is 1.68. The molecule has 3 nitrogen and oxygen atoms in total. The largest absolute Gasteiger partial charge is 0.389 e. The lowest BCUT2D eigenvalue weighted by Gasteiger charge is -2.32. The zero-order valence-corrected chi connectivity index (χ0v) is 7.62. The highest BCUT2D eigenvalue weighted by atomic mass is 19.1. The molecule has 1 saturated heterocycles. The van der Waals surface area contributed by atoms with Crippen LogP contribution in [0.2, 0.25) is 0 Å². The van der Waals surface area contributed by atoms with Crippen molar-refractivity contribution in [3.05, 3.63) is 0 Å². The van der Waals surface area contributed by atoms with Crippen LogP contribution in [0.15, 0.2) is 0 Å². The molecule has 2 unspecified atom stereocenters. The maximum atomic E-state index is 12.0. The first-order valence-electron chi connectivity index (χ1n) is 4.65. The standard InChI is InChI=1S/C9H15FN2O/c10-5-9(13)7-12-4-2-1-3-8(12)6-11/h8-9,13H,1-5,7H2. The molecule has 0 amide bonds. The predicted molar refractivity (Wildman–Crippen MR) is 46.8 cm³/mol. The van der Waals surface area contributed by atoms with Crippen LogP contribution in [-0.2, 0) is 0 Å². The molecule has 13 heavy (non-hydrogen) atoms. The van der Waals surface area contributed by atoms with Crippen molar-refractivity contribution in [2.45, 2.75) is 31.4 Å². The summed E-state index contributed by atoms with van der Waals surface area (Å²) in [6.07, 6.45) is 2.00. The van der Waals surface area contributed by atoms with Gasteiger partial charge in [-0.25, -0.2) is 4.39 Å². The van der Waals surface area contributed by atoms with E-state index in [1.54, 1.807) is 0 Å². The van der Waals surface area contributed by atoms with Gasteiger partial charge in [0.25, 0.3) is 0 Å². The summed E-state index contributed by atoms with van der Waals surface area (Å²) in [5, 5.41) is 17.9. The molecule has 1 fully saturated rings. The Kier molecular flexibility index (Phi) is 4.13. The Labute approximate surface area is 77.8 Å². The fourth-order valence-electron chi connectivity index (χ4n) is 1.68. The molecule has 1 aliphatic heterocycles. The maximum absolute atomic E-state index is 12.0. The molecule has 74 valence electrons. The van der Waals surface area contributed by atoms with Crippen LogP contribution in [-0.4, -0.2) is 41.9 Å². The monoisotopic (exact) mass is 186 g/mol. The van der Waals surface area contributed by atoms with Crippen molar-refractivity contribution in [2.24, 2.45) is 0 Å². The van der Waals surface area contributed by atoms with E-state index in [0.717, 1.165) is 25.8 Å². The van der Waals surface area contributed by atoms with Crippen LogP contribution in [0.3, 0.4) is 0 Å². The average Bonchev–Trinajstić information content (AvgIpc) is 2.18. The van der Waals surface area contributed by atoms with Crippen LogP contribution < -0.4 is 0 Å². The molecule has 0 aromatic carbocycles. The van der Waals surface area contributed by atoms with Crippen molar-refractivity contribution >= 4 is 0 Å². The predicted octanol–water partition coefficient (Wildman–Crippen LogP) is 0.695. The van der Waals surface area contributed by atoms with Gasteiger partial charge in [0.1, 0.15) is 6.67 Å². The summed E-state index contributed by atoms with van der Waals surface area (Å²) in [6.45, 7) is 0.360. The SMILES string of the molecule is N#CC1CCCCN1CC(O)CF. The number of aliphatic hydroxyl groups excluding tert-OH is 1. The topological polar surface area (TPSA) is 47.3 Å². The van der Waals surface area contributed by atoms with Crippen LogP contribution in [0.4, 0.5) is 4.39 Å². The molecule has 0 spiro atoms. The first kappa shape index (κ1) is 10.4. The Morgan fingerprint density at radius 3 is 3.00 bits per heavy atom. The normalized spacial score (nSPS) is 26.7. The third-order valence-corrected chi connectivity index (χ3v) is 2.39. The second kappa shape index (κ2) is 5.15. The number of aliphatic hydroxyl groups is 1. The van der Waals surface area contributed by atoms with Crippen molar-refractivity contribution in [3.63, 3.8) is 0 Å². The van der Waals surface area contributed by atoms with Crippen LogP contribution >= 0.6 is 0 Å². The molecule has 0 aromatic rings. The molecular formula is C9H15FN2O. The highest BCUT2D eigenvalue weighted by Gasteiger charge is 2.23. The summed E-state index contributed by atoms with van der Waals surface area (Å²) < 4.78 is 12.0. The van der Waals surface area contributed by atoms with Crippen LogP contribution in [0.1, 0.15) is 19.3 Å². The minimum absolute atomic E-state index is 0.130. The quantitative estimate of drug-likeness (QED) is 0.705. The summed E-state index contributed by atoms with van der Waals surface area (Å²) >= 11 is 0. The number of rotatable bonds is 3. The number of hydrogen-bond acceptors (Lipinski definition) is 3. The van der Waals surface area contributed by atoms with E-state index in [-0.39, 0.29) is 12.6 Å². The molecule has 1 rings (SSSR count). The number of likely N-dealkylation sites (tertiary alicyclic amines) is 1. The van der Waals surface area contributed by atoms with Gasteiger partial charge in [0.15, 0.2) is 0 Å². The fraction of sp³-hybridized carbons (Fsp3) is 0.889. The van der Waals surface area contributed by atoms with Crippen molar-refractivity contribution < 1.29 is 9.50 Å². The van der Waals surface area contributed by atoms with Gasteiger partial charge < -0.3 is 5.11 Å². The van der Waals surface area contributed by atoms with E-state index in [9.17, 15) is 4.39 Å². The third-order valence-electron chi connectivity index (χ3n) is 2.39. The maximum Gasteiger partial charge on any atom is 0.117 e. The number of alkyl halides is 1. The molecule has 0 aromatic heterocycles. The number of halogens is 1. The van der Waals surface area contributed by atoms with E-state index in [1.165, 1.54) is 0 Å². The molecule has 2 atom stereocenters. The summed E-state index contributed by atoms with van der Waals surface area (Å²) in [7, 11) is 0. The average molecular weight is 186 g/mol. The van der Waals surface area contributed by atoms with Gasteiger partial charge in [-0.05, 0) is 25.8 Å². The van der Waals surface area contributed by atoms with Gasteiger partial charge in [0, 0.05) is 6.54 Å². The lowest BCUT2D eigenvalue weighted by Crippen LogP contribution is -2.43. The molecule has 0 radical (unpaired) electrons. The zero-order chi connectivity index (χ0) is 9.68. The van der Waals surface area contributed by atoms with Crippen molar-refractivity contribution in [3.8, 4) is 6.07 Å². The van der Waals surface area contributed by atoms with E-state index in [4.69, 9.17) is 10.4 Å².